The molecule has 0 unspecified atom stereocenters. The maximum atomic E-state index is 12.6. The average molecular weight is 346 g/mol. The molecule has 1 aliphatic rings. The third kappa shape index (κ3) is 3.65. The van der Waals surface area contributed by atoms with Crippen molar-refractivity contribution in [1.29, 1.82) is 0 Å². The molecule has 2 N–H and O–H groups in total. The van der Waals surface area contributed by atoms with Gasteiger partial charge in [0, 0.05) is 29.5 Å². The molecule has 1 aliphatic heterocycles. The summed E-state index contributed by atoms with van der Waals surface area (Å²) < 4.78 is 4.56. The summed E-state index contributed by atoms with van der Waals surface area (Å²) in [5.74, 6) is -0.0714. The summed E-state index contributed by atoms with van der Waals surface area (Å²) in [6, 6.07) is 6.73. The van der Waals surface area contributed by atoms with Crippen LogP contribution < -0.4 is 15.5 Å². The number of hydrogen-bond acceptors (Lipinski definition) is 6. The molecule has 0 aliphatic carbocycles. The highest BCUT2D eigenvalue weighted by atomic mass is 32.1. The Labute approximate surface area is 143 Å². The van der Waals surface area contributed by atoms with Gasteiger partial charge in [-0.3, -0.25) is 10.1 Å². The molecule has 0 radical (unpaired) electrons. The Morgan fingerprint density at radius 1 is 1.33 bits per heavy atom. The number of anilines is 3. The molecule has 1 fully saturated rings. The van der Waals surface area contributed by atoms with E-state index in [1.165, 1.54) is 18.4 Å². The van der Waals surface area contributed by atoms with E-state index in [-0.39, 0.29) is 11.9 Å². The van der Waals surface area contributed by atoms with Gasteiger partial charge in [0.1, 0.15) is 6.04 Å². The van der Waals surface area contributed by atoms with Gasteiger partial charge in [-0.1, -0.05) is 6.07 Å². The standard InChI is InChI=1S/C16H18N4O3S/c1-23-16(22)19-12-5-2-4-11(10-12)18-14(21)13-6-3-8-20(13)15-17-7-9-24-15/h2,4-5,7,9-10,13H,3,6,8H2,1H3,(H,18,21)(H,19,22)/t13-/m0/s1. The lowest BCUT2D eigenvalue weighted by Gasteiger charge is -2.23. The largest absolute Gasteiger partial charge is 0.453 e. The van der Waals surface area contributed by atoms with Gasteiger partial charge < -0.3 is 15.0 Å². The minimum absolute atomic E-state index is 0.0714. The van der Waals surface area contributed by atoms with Gasteiger partial charge in [-0.05, 0) is 31.0 Å². The number of ether oxygens (including phenoxy) is 1. The highest BCUT2D eigenvalue weighted by molar-refractivity contribution is 7.13. The van der Waals surface area contributed by atoms with Crippen molar-refractivity contribution in [1.82, 2.24) is 4.98 Å². The van der Waals surface area contributed by atoms with Gasteiger partial charge in [-0.15, -0.1) is 11.3 Å². The first-order valence-electron chi connectivity index (χ1n) is 7.59. The fraction of sp³-hybridized carbons (Fsp3) is 0.312. The summed E-state index contributed by atoms with van der Waals surface area (Å²) in [6.45, 7) is 0.829. The molecule has 1 saturated heterocycles. The van der Waals surface area contributed by atoms with Gasteiger partial charge in [0.25, 0.3) is 0 Å². The molecule has 2 amide bonds. The summed E-state index contributed by atoms with van der Waals surface area (Å²) >= 11 is 1.53. The summed E-state index contributed by atoms with van der Waals surface area (Å²) in [5, 5.41) is 8.26. The number of amides is 2. The number of hydrogen-bond donors (Lipinski definition) is 2. The highest BCUT2D eigenvalue weighted by Crippen LogP contribution is 2.28. The van der Waals surface area contributed by atoms with Crippen molar-refractivity contribution in [2.45, 2.75) is 18.9 Å². The highest BCUT2D eigenvalue weighted by Gasteiger charge is 2.32. The van der Waals surface area contributed by atoms with E-state index >= 15 is 0 Å². The minimum atomic E-state index is -0.552. The van der Waals surface area contributed by atoms with Crippen LogP contribution in [0.25, 0.3) is 0 Å². The van der Waals surface area contributed by atoms with Gasteiger partial charge in [0.2, 0.25) is 5.91 Å². The van der Waals surface area contributed by atoms with Gasteiger partial charge in [0.05, 0.1) is 7.11 Å². The maximum Gasteiger partial charge on any atom is 0.411 e. The molecule has 24 heavy (non-hydrogen) atoms. The second kappa shape index (κ2) is 7.31. The number of benzene rings is 1. The zero-order valence-corrected chi connectivity index (χ0v) is 14.0. The lowest BCUT2D eigenvalue weighted by Crippen LogP contribution is -2.39. The fourth-order valence-electron chi connectivity index (χ4n) is 2.70. The number of aromatic nitrogens is 1. The Morgan fingerprint density at radius 3 is 2.83 bits per heavy atom. The van der Waals surface area contributed by atoms with E-state index in [0.717, 1.165) is 24.5 Å². The van der Waals surface area contributed by atoms with Crippen molar-refractivity contribution in [2.75, 3.05) is 29.2 Å². The SMILES string of the molecule is COC(=O)Nc1cccc(NC(=O)[C@@H]2CCCN2c2nccs2)c1. The predicted molar refractivity (Wildman–Crippen MR) is 93.6 cm³/mol. The van der Waals surface area contributed by atoms with E-state index < -0.39 is 6.09 Å². The molecule has 7 nitrogen and oxygen atoms in total. The van der Waals surface area contributed by atoms with Gasteiger partial charge >= 0.3 is 6.09 Å². The molecule has 0 bridgehead atoms. The van der Waals surface area contributed by atoms with Crippen molar-refractivity contribution in [3.05, 3.63) is 35.8 Å². The Balaban J connectivity index is 1.68. The lowest BCUT2D eigenvalue weighted by atomic mass is 10.2. The number of thiazole rings is 1. The van der Waals surface area contributed by atoms with E-state index in [1.807, 2.05) is 10.3 Å². The van der Waals surface area contributed by atoms with Gasteiger partial charge in [0.15, 0.2) is 5.13 Å². The molecule has 0 saturated carbocycles. The number of nitrogens with one attached hydrogen (secondary N) is 2. The molecule has 0 spiro atoms. The van der Waals surface area contributed by atoms with E-state index in [1.54, 1.807) is 30.5 Å². The predicted octanol–water partition coefficient (Wildman–Crippen LogP) is 2.93. The van der Waals surface area contributed by atoms with Crippen LogP contribution in [-0.2, 0) is 9.53 Å². The summed E-state index contributed by atoms with van der Waals surface area (Å²) in [5.41, 5.74) is 1.18. The van der Waals surface area contributed by atoms with E-state index in [2.05, 4.69) is 20.4 Å². The number of nitrogens with zero attached hydrogens (tertiary/aromatic N) is 2. The van der Waals surface area contributed by atoms with Crippen LogP contribution >= 0.6 is 11.3 Å². The van der Waals surface area contributed by atoms with Crippen molar-refractivity contribution in [3.63, 3.8) is 0 Å². The summed E-state index contributed by atoms with van der Waals surface area (Å²) in [4.78, 5) is 30.2. The lowest BCUT2D eigenvalue weighted by molar-refractivity contribution is -0.117. The van der Waals surface area contributed by atoms with E-state index in [4.69, 9.17) is 0 Å². The molecule has 2 aromatic rings. The Bertz CT molecular complexity index is 720. The van der Waals surface area contributed by atoms with Crippen LogP contribution in [0.1, 0.15) is 12.8 Å². The molecule has 8 heteroatoms. The first-order valence-corrected chi connectivity index (χ1v) is 8.47. The summed E-state index contributed by atoms with van der Waals surface area (Å²) in [6.07, 6.45) is 2.95. The van der Waals surface area contributed by atoms with Crippen LogP contribution in [-0.4, -0.2) is 36.7 Å². The zero-order chi connectivity index (χ0) is 16.9. The van der Waals surface area contributed by atoms with Crippen molar-refractivity contribution in [3.8, 4) is 0 Å². The quantitative estimate of drug-likeness (QED) is 0.889. The number of carbonyl (C=O) groups excluding carboxylic acids is 2. The van der Waals surface area contributed by atoms with Crippen molar-refractivity contribution in [2.24, 2.45) is 0 Å². The van der Waals surface area contributed by atoms with Gasteiger partial charge in [-0.2, -0.15) is 0 Å². The third-order valence-corrected chi connectivity index (χ3v) is 4.59. The van der Waals surface area contributed by atoms with Crippen LogP contribution in [0.3, 0.4) is 0 Å². The van der Waals surface area contributed by atoms with Crippen LogP contribution in [0.2, 0.25) is 0 Å². The molecule has 3 rings (SSSR count). The molecular formula is C16H18N4O3S. The minimum Gasteiger partial charge on any atom is -0.453 e. The monoisotopic (exact) mass is 346 g/mol. The smallest absolute Gasteiger partial charge is 0.411 e. The average Bonchev–Trinajstić information content (AvgIpc) is 3.26. The fourth-order valence-corrected chi connectivity index (χ4v) is 3.41. The van der Waals surface area contributed by atoms with Crippen molar-refractivity contribution < 1.29 is 14.3 Å². The first-order chi connectivity index (χ1) is 11.7. The molecule has 1 aromatic carbocycles. The second-order valence-corrected chi connectivity index (χ2v) is 6.23. The van der Waals surface area contributed by atoms with Crippen LogP contribution in [0.5, 0.6) is 0 Å². The third-order valence-electron chi connectivity index (χ3n) is 3.78. The van der Waals surface area contributed by atoms with Crippen LogP contribution in [0.4, 0.5) is 21.3 Å². The molecule has 126 valence electrons. The van der Waals surface area contributed by atoms with Crippen LogP contribution in [0, 0.1) is 0 Å². The van der Waals surface area contributed by atoms with E-state index in [0.29, 0.717) is 11.4 Å². The maximum absolute atomic E-state index is 12.6. The first kappa shape index (κ1) is 16.3. The molecule has 2 heterocycles. The normalized spacial score (nSPS) is 16.7. The van der Waals surface area contributed by atoms with E-state index in [9.17, 15) is 9.59 Å². The second-order valence-electron chi connectivity index (χ2n) is 5.35. The van der Waals surface area contributed by atoms with Gasteiger partial charge in [-0.25, -0.2) is 9.78 Å². The number of methoxy groups -OCH3 is 1. The summed E-state index contributed by atoms with van der Waals surface area (Å²) in [7, 11) is 1.30. The molecule has 1 atom stereocenters. The number of carbonyl (C=O) groups is 2. The molecule has 1 aromatic heterocycles. The zero-order valence-electron chi connectivity index (χ0n) is 13.2. The number of rotatable bonds is 4. The molecular weight excluding hydrogens is 328 g/mol. The van der Waals surface area contributed by atoms with Crippen LogP contribution in [0.15, 0.2) is 35.8 Å². The van der Waals surface area contributed by atoms with Crippen molar-refractivity contribution >= 4 is 39.8 Å². The Kier molecular flexibility index (Phi) is 4.95. The topological polar surface area (TPSA) is 83.6 Å². The Morgan fingerprint density at radius 2 is 2.12 bits per heavy atom. The Hall–Kier alpha value is -2.61.